The molecule has 21 heavy (non-hydrogen) atoms. The Morgan fingerprint density at radius 3 is 2.76 bits per heavy atom. The summed E-state index contributed by atoms with van der Waals surface area (Å²) in [5, 5.41) is 0.874. The van der Waals surface area contributed by atoms with E-state index in [4.69, 9.17) is 27.9 Å². The van der Waals surface area contributed by atoms with Crippen LogP contribution < -0.4 is 4.74 Å². The van der Waals surface area contributed by atoms with Crippen LogP contribution in [0.4, 0.5) is 0 Å². The minimum Gasteiger partial charge on any atom is -0.493 e. The van der Waals surface area contributed by atoms with Crippen LogP contribution in [-0.2, 0) is 12.8 Å². The van der Waals surface area contributed by atoms with E-state index in [1.807, 2.05) is 30.3 Å². The highest BCUT2D eigenvalue weighted by Gasteiger charge is 2.17. The van der Waals surface area contributed by atoms with E-state index in [1.54, 1.807) is 0 Å². The second kappa shape index (κ2) is 6.72. The molecule has 1 aliphatic rings. The van der Waals surface area contributed by atoms with Gasteiger partial charge in [-0.15, -0.1) is 11.6 Å². The zero-order chi connectivity index (χ0) is 14.7. The zero-order valence-electron chi connectivity index (χ0n) is 11.8. The number of aryl methyl sites for hydroxylation is 1. The number of hydrogen-bond acceptors (Lipinski definition) is 1. The fraction of sp³-hybridized carbons (Fsp3) is 0.333. The van der Waals surface area contributed by atoms with Crippen molar-refractivity contribution >= 4 is 23.2 Å². The molecule has 110 valence electrons. The van der Waals surface area contributed by atoms with Crippen LogP contribution in [0.25, 0.3) is 0 Å². The first kappa shape index (κ1) is 14.7. The largest absolute Gasteiger partial charge is 0.493 e. The third-order valence-electron chi connectivity index (χ3n) is 3.89. The maximum Gasteiger partial charge on any atom is 0.125 e. The zero-order valence-corrected chi connectivity index (χ0v) is 13.3. The van der Waals surface area contributed by atoms with E-state index in [2.05, 4.69) is 12.1 Å². The Morgan fingerprint density at radius 2 is 1.95 bits per heavy atom. The van der Waals surface area contributed by atoms with Crippen molar-refractivity contribution in [1.29, 1.82) is 0 Å². The molecule has 2 aromatic rings. The second-order valence-electron chi connectivity index (χ2n) is 5.42. The van der Waals surface area contributed by atoms with E-state index >= 15 is 0 Å². The van der Waals surface area contributed by atoms with Gasteiger partial charge in [0, 0.05) is 11.4 Å². The van der Waals surface area contributed by atoms with Crippen molar-refractivity contribution in [3.63, 3.8) is 0 Å². The van der Waals surface area contributed by atoms with E-state index in [9.17, 15) is 0 Å². The average molecular weight is 321 g/mol. The molecule has 3 heteroatoms. The van der Waals surface area contributed by atoms with Crippen molar-refractivity contribution < 1.29 is 4.74 Å². The molecule has 0 radical (unpaired) electrons. The van der Waals surface area contributed by atoms with Crippen molar-refractivity contribution in [2.45, 2.75) is 31.1 Å². The van der Waals surface area contributed by atoms with Crippen LogP contribution >= 0.6 is 23.2 Å². The monoisotopic (exact) mass is 320 g/mol. The van der Waals surface area contributed by atoms with Gasteiger partial charge in [-0.25, -0.2) is 0 Å². The number of hydrogen-bond donors (Lipinski definition) is 0. The van der Waals surface area contributed by atoms with Crippen molar-refractivity contribution in [3.8, 4) is 5.75 Å². The van der Waals surface area contributed by atoms with E-state index in [0.717, 1.165) is 43.1 Å². The normalized spacial score (nSPS) is 14.6. The fourth-order valence-electron chi connectivity index (χ4n) is 2.83. The van der Waals surface area contributed by atoms with Crippen LogP contribution in [-0.4, -0.2) is 6.61 Å². The summed E-state index contributed by atoms with van der Waals surface area (Å²) < 4.78 is 5.74. The van der Waals surface area contributed by atoms with Crippen molar-refractivity contribution in [1.82, 2.24) is 0 Å². The average Bonchev–Trinajstić information content (AvgIpc) is 2.96. The number of ether oxygens (including phenoxy) is 1. The first-order chi connectivity index (χ1) is 10.2. The lowest BCUT2D eigenvalue weighted by Gasteiger charge is -2.12. The Balaban J connectivity index is 1.61. The predicted octanol–water partition coefficient (Wildman–Crippen LogP) is 5.58. The van der Waals surface area contributed by atoms with Gasteiger partial charge >= 0.3 is 0 Å². The van der Waals surface area contributed by atoms with Gasteiger partial charge in [0.25, 0.3) is 0 Å². The van der Waals surface area contributed by atoms with Gasteiger partial charge in [0.2, 0.25) is 0 Å². The van der Waals surface area contributed by atoms with Gasteiger partial charge in [0.1, 0.15) is 5.75 Å². The highest BCUT2D eigenvalue weighted by molar-refractivity contribution is 6.30. The molecule has 1 aliphatic heterocycles. The Morgan fingerprint density at radius 1 is 1.14 bits per heavy atom. The number of benzene rings is 2. The number of halogens is 2. The lowest BCUT2D eigenvalue weighted by atomic mass is 10.0. The molecule has 0 aliphatic carbocycles. The predicted molar refractivity (Wildman–Crippen MR) is 88.6 cm³/mol. The summed E-state index contributed by atoms with van der Waals surface area (Å²) in [6, 6.07) is 14.3. The van der Waals surface area contributed by atoms with Crippen LogP contribution in [0.2, 0.25) is 5.02 Å². The summed E-state index contributed by atoms with van der Waals surface area (Å²) in [5.74, 6) is 1.05. The van der Waals surface area contributed by atoms with Gasteiger partial charge in [-0.05, 0) is 48.1 Å². The van der Waals surface area contributed by atoms with Crippen molar-refractivity contribution in [3.05, 3.63) is 64.2 Å². The van der Waals surface area contributed by atoms with Crippen LogP contribution in [0.3, 0.4) is 0 Å². The molecule has 1 heterocycles. The number of fused-ring (bicyclic) bond motifs is 1. The first-order valence-electron chi connectivity index (χ1n) is 7.37. The van der Waals surface area contributed by atoms with Gasteiger partial charge in [-0.3, -0.25) is 0 Å². The molecule has 0 amide bonds. The smallest absolute Gasteiger partial charge is 0.125 e. The minimum atomic E-state index is 0.0688. The van der Waals surface area contributed by atoms with E-state index in [-0.39, 0.29) is 5.38 Å². The summed E-state index contributed by atoms with van der Waals surface area (Å²) in [4.78, 5) is 0. The van der Waals surface area contributed by atoms with Crippen LogP contribution in [0, 0.1) is 0 Å². The summed E-state index contributed by atoms with van der Waals surface area (Å²) in [5.41, 5.74) is 3.64. The van der Waals surface area contributed by atoms with Crippen LogP contribution in [0.15, 0.2) is 42.5 Å². The van der Waals surface area contributed by atoms with Gasteiger partial charge in [0.15, 0.2) is 0 Å². The molecule has 2 aromatic carbocycles. The maximum atomic E-state index is 6.46. The van der Waals surface area contributed by atoms with Crippen molar-refractivity contribution in [2.75, 3.05) is 6.61 Å². The number of alkyl halides is 1. The van der Waals surface area contributed by atoms with E-state index < -0.39 is 0 Å². The molecule has 0 N–H and O–H groups in total. The summed E-state index contributed by atoms with van der Waals surface area (Å²) in [6.07, 6.45) is 3.90. The highest BCUT2D eigenvalue weighted by atomic mass is 35.5. The molecular weight excluding hydrogens is 303 g/mol. The molecule has 0 bridgehead atoms. The van der Waals surface area contributed by atoms with Gasteiger partial charge in [0.05, 0.1) is 12.0 Å². The molecule has 0 saturated carbocycles. The first-order valence-corrected chi connectivity index (χ1v) is 8.18. The molecule has 0 aromatic heterocycles. The molecule has 0 fully saturated rings. The van der Waals surface area contributed by atoms with Crippen molar-refractivity contribution in [2.24, 2.45) is 0 Å². The quantitative estimate of drug-likeness (QED) is 0.653. The second-order valence-corrected chi connectivity index (χ2v) is 6.39. The lowest BCUT2D eigenvalue weighted by Crippen LogP contribution is -1.95. The Kier molecular flexibility index (Phi) is 4.72. The Bertz CT molecular complexity index is 610. The Labute approximate surface area is 135 Å². The van der Waals surface area contributed by atoms with Crippen LogP contribution in [0.5, 0.6) is 5.75 Å². The fourth-order valence-corrected chi connectivity index (χ4v) is 3.40. The van der Waals surface area contributed by atoms with Gasteiger partial charge in [-0.1, -0.05) is 41.9 Å². The Hall–Kier alpha value is -1.18. The molecule has 1 atom stereocenters. The van der Waals surface area contributed by atoms with Gasteiger partial charge < -0.3 is 4.74 Å². The molecule has 0 spiro atoms. The molecule has 1 nitrogen and oxygen atoms in total. The third kappa shape index (κ3) is 3.53. The number of rotatable bonds is 5. The molecular formula is C18H18Cl2O. The lowest BCUT2D eigenvalue weighted by molar-refractivity contribution is 0.353. The third-order valence-corrected chi connectivity index (χ3v) is 4.58. The minimum absolute atomic E-state index is 0.0688. The summed E-state index contributed by atoms with van der Waals surface area (Å²) in [7, 11) is 0. The highest BCUT2D eigenvalue weighted by Crippen LogP contribution is 2.34. The summed E-state index contributed by atoms with van der Waals surface area (Å²) in [6.45, 7) is 0.769. The van der Waals surface area contributed by atoms with Crippen LogP contribution in [0.1, 0.15) is 34.9 Å². The topological polar surface area (TPSA) is 9.23 Å². The standard InChI is InChI=1S/C18H18Cl2O/c19-16-11-14(18-15(12-16)9-10-21-18)7-4-8-17(20)13-5-2-1-3-6-13/h1-3,5-6,11-12,17H,4,7-10H2. The molecule has 3 rings (SSSR count). The van der Waals surface area contributed by atoms with E-state index in [0.29, 0.717) is 0 Å². The van der Waals surface area contributed by atoms with E-state index in [1.165, 1.54) is 16.7 Å². The maximum absolute atomic E-state index is 6.46. The SMILES string of the molecule is Clc1cc(CCCC(Cl)c2ccccc2)c2c(c1)CCO2. The summed E-state index contributed by atoms with van der Waals surface area (Å²) >= 11 is 12.6. The van der Waals surface area contributed by atoms with Gasteiger partial charge in [-0.2, -0.15) is 0 Å². The molecule has 1 unspecified atom stereocenters. The molecule has 0 saturated heterocycles.